The van der Waals surface area contributed by atoms with Crippen molar-refractivity contribution in [2.45, 2.75) is 41.7 Å². The summed E-state index contributed by atoms with van der Waals surface area (Å²) in [7, 11) is 1.88. The molecule has 5 nitrogen and oxygen atoms in total. The second-order valence-corrected chi connectivity index (χ2v) is 7.97. The molecule has 2 N–H and O–H groups in total. The van der Waals surface area contributed by atoms with Crippen molar-refractivity contribution >= 4 is 29.9 Å². The summed E-state index contributed by atoms with van der Waals surface area (Å²) >= 11 is 6.81. The topological polar surface area (TPSA) is 62.7 Å². The molecule has 0 bridgehead atoms. The first-order chi connectivity index (χ1) is 11.6. The van der Waals surface area contributed by atoms with Crippen molar-refractivity contribution in [2.75, 3.05) is 6.54 Å². The molecule has 24 heavy (non-hydrogen) atoms. The maximum atomic E-state index is 12.9. The number of benzene rings is 1. The smallest absolute Gasteiger partial charge is 0.236 e. The van der Waals surface area contributed by atoms with Gasteiger partial charge < -0.3 is 9.88 Å². The first-order valence-electron chi connectivity index (χ1n) is 8.23. The molecule has 0 spiro atoms. The summed E-state index contributed by atoms with van der Waals surface area (Å²) in [4.78, 5) is 14.0. The van der Waals surface area contributed by atoms with Crippen LogP contribution in [0.25, 0.3) is 0 Å². The number of hydrogen-bond acceptors (Lipinski definition) is 4. The molecular weight excluding hydrogens is 340 g/mol. The first kappa shape index (κ1) is 17.2. The van der Waals surface area contributed by atoms with E-state index < -0.39 is 0 Å². The SMILES string of the molecule is Cn1c(CCNC(=O)C2(Sc3ccccc3)CCCC2)n[nH]c1=S. The summed E-state index contributed by atoms with van der Waals surface area (Å²) in [5.41, 5.74) is 0. The Morgan fingerprint density at radius 2 is 2.08 bits per heavy atom. The Bertz CT molecular complexity index is 747. The van der Waals surface area contributed by atoms with Crippen LogP contribution in [0, 0.1) is 4.77 Å². The number of H-pyrrole nitrogens is 1. The van der Waals surface area contributed by atoms with E-state index >= 15 is 0 Å². The molecule has 3 rings (SSSR count). The Morgan fingerprint density at radius 3 is 2.71 bits per heavy atom. The molecule has 128 valence electrons. The van der Waals surface area contributed by atoms with E-state index in [1.807, 2.05) is 29.8 Å². The average Bonchev–Trinajstić information content (AvgIpc) is 3.18. The number of hydrogen-bond donors (Lipinski definition) is 2. The van der Waals surface area contributed by atoms with Crippen LogP contribution in [0.15, 0.2) is 35.2 Å². The van der Waals surface area contributed by atoms with E-state index in [2.05, 4.69) is 27.6 Å². The summed E-state index contributed by atoms with van der Waals surface area (Å²) < 4.78 is 2.10. The fraction of sp³-hybridized carbons (Fsp3) is 0.471. The largest absolute Gasteiger partial charge is 0.354 e. The van der Waals surface area contributed by atoms with Crippen LogP contribution in [0.3, 0.4) is 0 Å². The van der Waals surface area contributed by atoms with Gasteiger partial charge in [-0.2, -0.15) is 5.10 Å². The number of carbonyl (C=O) groups excluding carboxylic acids is 1. The maximum Gasteiger partial charge on any atom is 0.236 e. The van der Waals surface area contributed by atoms with Gasteiger partial charge in [0.1, 0.15) is 5.82 Å². The third-order valence-corrected chi connectivity index (χ3v) is 6.35. The van der Waals surface area contributed by atoms with Crippen LogP contribution in [0.4, 0.5) is 0 Å². The summed E-state index contributed by atoms with van der Waals surface area (Å²) in [6.07, 6.45) is 4.76. The highest BCUT2D eigenvalue weighted by Crippen LogP contribution is 2.45. The number of carbonyl (C=O) groups is 1. The molecule has 1 fully saturated rings. The monoisotopic (exact) mass is 362 g/mol. The van der Waals surface area contributed by atoms with Crippen LogP contribution >= 0.6 is 24.0 Å². The number of aromatic amines is 1. The van der Waals surface area contributed by atoms with Gasteiger partial charge in [-0.1, -0.05) is 31.0 Å². The second-order valence-electron chi connectivity index (χ2n) is 6.13. The fourth-order valence-corrected chi connectivity index (χ4v) is 4.64. The minimum Gasteiger partial charge on any atom is -0.354 e. The zero-order chi connectivity index (χ0) is 17.0. The lowest BCUT2D eigenvalue weighted by Gasteiger charge is -2.27. The molecule has 1 amide bonds. The Hall–Kier alpha value is -1.60. The Balaban J connectivity index is 1.62. The number of aromatic nitrogens is 3. The molecule has 0 atom stereocenters. The molecule has 1 saturated carbocycles. The van der Waals surface area contributed by atoms with E-state index in [0.29, 0.717) is 17.7 Å². The molecule has 0 aliphatic heterocycles. The normalized spacial score (nSPS) is 16.2. The number of nitrogens with one attached hydrogen (secondary N) is 2. The van der Waals surface area contributed by atoms with Crippen LogP contribution in [-0.4, -0.2) is 32.0 Å². The van der Waals surface area contributed by atoms with Gasteiger partial charge in [0.05, 0.1) is 4.75 Å². The third kappa shape index (κ3) is 3.72. The van der Waals surface area contributed by atoms with Crippen molar-refractivity contribution in [2.24, 2.45) is 7.05 Å². The Kier molecular flexibility index (Phi) is 5.40. The van der Waals surface area contributed by atoms with E-state index in [-0.39, 0.29) is 10.7 Å². The lowest BCUT2D eigenvalue weighted by atomic mass is 10.1. The molecule has 1 aliphatic rings. The highest BCUT2D eigenvalue weighted by molar-refractivity contribution is 8.01. The van der Waals surface area contributed by atoms with Crippen molar-refractivity contribution in [3.8, 4) is 0 Å². The van der Waals surface area contributed by atoms with Crippen molar-refractivity contribution in [1.29, 1.82) is 0 Å². The van der Waals surface area contributed by atoms with Crippen LogP contribution in [0.1, 0.15) is 31.5 Å². The highest BCUT2D eigenvalue weighted by Gasteiger charge is 2.41. The molecule has 7 heteroatoms. The lowest BCUT2D eigenvalue weighted by Crippen LogP contribution is -2.43. The van der Waals surface area contributed by atoms with Gasteiger partial charge in [-0.05, 0) is 37.2 Å². The van der Waals surface area contributed by atoms with E-state index in [0.717, 1.165) is 36.4 Å². The highest BCUT2D eigenvalue weighted by atomic mass is 32.2. The van der Waals surface area contributed by atoms with E-state index in [1.165, 1.54) is 0 Å². The third-order valence-electron chi connectivity index (χ3n) is 4.49. The molecule has 0 saturated heterocycles. The van der Waals surface area contributed by atoms with Crippen LogP contribution in [0.2, 0.25) is 0 Å². The van der Waals surface area contributed by atoms with Crippen LogP contribution in [0.5, 0.6) is 0 Å². The molecule has 0 unspecified atom stereocenters. The number of thioether (sulfide) groups is 1. The van der Waals surface area contributed by atoms with Crippen molar-refractivity contribution in [3.05, 3.63) is 40.9 Å². The van der Waals surface area contributed by atoms with Gasteiger partial charge in [0, 0.05) is 24.9 Å². The van der Waals surface area contributed by atoms with Crippen molar-refractivity contribution in [1.82, 2.24) is 20.1 Å². The standard InChI is InChI=1S/C17H22N4OS2/c1-21-14(19-20-16(21)23)9-12-18-15(22)17(10-5-6-11-17)24-13-7-3-2-4-8-13/h2-4,7-8H,5-6,9-12H2,1H3,(H,18,22)(H,20,23). The second kappa shape index (κ2) is 7.53. The number of rotatable bonds is 6. The van der Waals surface area contributed by atoms with Gasteiger partial charge >= 0.3 is 0 Å². The zero-order valence-electron chi connectivity index (χ0n) is 13.7. The van der Waals surface area contributed by atoms with Gasteiger partial charge in [-0.25, -0.2) is 0 Å². The minimum absolute atomic E-state index is 0.144. The Morgan fingerprint density at radius 1 is 1.38 bits per heavy atom. The zero-order valence-corrected chi connectivity index (χ0v) is 15.4. The van der Waals surface area contributed by atoms with Gasteiger partial charge in [0.25, 0.3) is 0 Å². The molecule has 1 aliphatic carbocycles. The Labute approximate surface area is 151 Å². The van der Waals surface area contributed by atoms with Gasteiger partial charge in [0.2, 0.25) is 5.91 Å². The van der Waals surface area contributed by atoms with Crippen molar-refractivity contribution in [3.63, 3.8) is 0 Å². The van der Waals surface area contributed by atoms with Gasteiger partial charge in [-0.3, -0.25) is 9.89 Å². The summed E-state index contributed by atoms with van der Waals surface area (Å²) in [6.45, 7) is 0.573. The van der Waals surface area contributed by atoms with E-state index in [4.69, 9.17) is 12.2 Å². The van der Waals surface area contributed by atoms with Gasteiger partial charge in [0.15, 0.2) is 4.77 Å². The van der Waals surface area contributed by atoms with Crippen LogP contribution in [-0.2, 0) is 18.3 Å². The average molecular weight is 363 g/mol. The number of amides is 1. The van der Waals surface area contributed by atoms with Crippen molar-refractivity contribution < 1.29 is 4.79 Å². The van der Waals surface area contributed by atoms with E-state index in [1.54, 1.807) is 11.8 Å². The number of nitrogens with zero attached hydrogens (tertiary/aromatic N) is 2. The predicted molar refractivity (Wildman–Crippen MR) is 98.6 cm³/mol. The maximum absolute atomic E-state index is 12.9. The molecule has 1 heterocycles. The van der Waals surface area contributed by atoms with Crippen LogP contribution < -0.4 is 5.32 Å². The molecular formula is C17H22N4OS2. The fourth-order valence-electron chi connectivity index (χ4n) is 3.09. The van der Waals surface area contributed by atoms with Gasteiger partial charge in [-0.15, -0.1) is 11.8 Å². The first-order valence-corrected chi connectivity index (χ1v) is 9.46. The predicted octanol–water partition coefficient (Wildman–Crippen LogP) is 3.24. The minimum atomic E-state index is -0.335. The quantitative estimate of drug-likeness (QED) is 0.775. The summed E-state index contributed by atoms with van der Waals surface area (Å²) in [5, 5.41) is 10.1. The molecule has 1 aromatic carbocycles. The molecule has 1 aromatic heterocycles. The summed E-state index contributed by atoms with van der Waals surface area (Å²) in [6, 6.07) is 10.2. The van der Waals surface area contributed by atoms with E-state index in [9.17, 15) is 4.79 Å². The molecule has 0 radical (unpaired) electrons. The summed E-state index contributed by atoms with van der Waals surface area (Å²) in [5.74, 6) is 1.00. The lowest BCUT2D eigenvalue weighted by molar-refractivity contribution is -0.123. The molecule has 2 aromatic rings.